The zero-order valence-corrected chi connectivity index (χ0v) is 10.7. The van der Waals surface area contributed by atoms with Gasteiger partial charge >= 0.3 is 12.0 Å². The molecule has 2 heterocycles. The molecule has 19 heavy (non-hydrogen) atoms. The largest absolute Gasteiger partial charge is 0.480 e. The van der Waals surface area contributed by atoms with Crippen molar-refractivity contribution >= 4 is 12.0 Å². The molecule has 0 saturated carbocycles. The Hall–Kier alpha value is -1.34. The Kier molecular flexibility index (Phi) is 4.60. The molecule has 2 aliphatic rings. The number of likely N-dealkylation sites (tertiary alicyclic amines) is 1. The number of carbonyl (C=O) groups is 2. The molecule has 0 aromatic heterocycles. The Labute approximate surface area is 111 Å². The Balaban J connectivity index is 1.82. The van der Waals surface area contributed by atoms with Crippen molar-refractivity contribution in [3.63, 3.8) is 0 Å². The van der Waals surface area contributed by atoms with Gasteiger partial charge in [0.25, 0.3) is 0 Å². The molecule has 2 saturated heterocycles. The van der Waals surface area contributed by atoms with Gasteiger partial charge in [-0.2, -0.15) is 0 Å². The molecular formula is C12H20N2O5. The second-order valence-corrected chi connectivity index (χ2v) is 5.14. The number of amides is 2. The molecule has 2 amide bonds. The Bertz CT molecular complexity index is 343. The van der Waals surface area contributed by atoms with Crippen LogP contribution in [0.1, 0.15) is 19.3 Å². The number of β-amino-alcohol motifs (C(OH)–C–C–N with tert-alkyl or cyclic N) is 1. The summed E-state index contributed by atoms with van der Waals surface area (Å²) in [5.74, 6) is -0.689. The van der Waals surface area contributed by atoms with Gasteiger partial charge in [-0.25, -0.2) is 9.59 Å². The summed E-state index contributed by atoms with van der Waals surface area (Å²) in [7, 11) is 0. The van der Waals surface area contributed by atoms with Crippen molar-refractivity contribution in [3.8, 4) is 0 Å². The van der Waals surface area contributed by atoms with E-state index in [9.17, 15) is 14.7 Å². The minimum atomic E-state index is -1.07. The van der Waals surface area contributed by atoms with Gasteiger partial charge in [0.05, 0.1) is 6.10 Å². The third-order valence-corrected chi connectivity index (χ3v) is 3.71. The first-order valence-electron chi connectivity index (χ1n) is 6.61. The number of ether oxygens (including phenoxy) is 1. The van der Waals surface area contributed by atoms with Crippen molar-refractivity contribution in [3.05, 3.63) is 0 Å². The first kappa shape index (κ1) is 14.1. The fourth-order valence-electron chi connectivity index (χ4n) is 2.56. The van der Waals surface area contributed by atoms with Crippen LogP contribution in [0.4, 0.5) is 4.79 Å². The van der Waals surface area contributed by atoms with Crippen LogP contribution >= 0.6 is 0 Å². The van der Waals surface area contributed by atoms with Gasteiger partial charge in [-0.15, -0.1) is 0 Å². The number of rotatable bonds is 3. The minimum Gasteiger partial charge on any atom is -0.480 e. The summed E-state index contributed by atoms with van der Waals surface area (Å²) in [5.41, 5.74) is 0. The monoisotopic (exact) mass is 272 g/mol. The van der Waals surface area contributed by atoms with Gasteiger partial charge in [0.15, 0.2) is 0 Å². The summed E-state index contributed by atoms with van der Waals surface area (Å²) in [4.78, 5) is 24.2. The van der Waals surface area contributed by atoms with Crippen LogP contribution in [-0.4, -0.2) is 65.6 Å². The molecule has 0 bridgehead atoms. The SMILES string of the molecule is O=C(O)C1CC(O)CN1C(=O)NCC1CCOCC1. The second-order valence-electron chi connectivity index (χ2n) is 5.14. The molecule has 2 rings (SSSR count). The fourth-order valence-corrected chi connectivity index (χ4v) is 2.56. The number of carboxylic acid groups (broad SMARTS) is 1. The summed E-state index contributed by atoms with van der Waals surface area (Å²) in [6.07, 6.45) is 1.16. The van der Waals surface area contributed by atoms with Crippen molar-refractivity contribution in [2.75, 3.05) is 26.3 Å². The highest BCUT2D eigenvalue weighted by Gasteiger charge is 2.39. The molecule has 3 N–H and O–H groups in total. The molecule has 2 aliphatic heterocycles. The van der Waals surface area contributed by atoms with E-state index in [2.05, 4.69) is 5.32 Å². The molecule has 7 heteroatoms. The summed E-state index contributed by atoms with van der Waals surface area (Å²) < 4.78 is 5.23. The number of aliphatic hydroxyl groups is 1. The van der Waals surface area contributed by atoms with Crippen LogP contribution in [0.25, 0.3) is 0 Å². The van der Waals surface area contributed by atoms with E-state index in [-0.39, 0.29) is 13.0 Å². The van der Waals surface area contributed by atoms with Gasteiger partial charge in [-0.05, 0) is 18.8 Å². The smallest absolute Gasteiger partial charge is 0.326 e. The standard InChI is InChI=1S/C12H20N2O5/c15-9-5-10(11(16)17)14(7-9)12(18)13-6-8-1-3-19-4-2-8/h8-10,15H,1-7H2,(H,13,18)(H,16,17). The maximum atomic E-state index is 12.0. The van der Waals surface area contributed by atoms with E-state index in [0.29, 0.717) is 25.7 Å². The van der Waals surface area contributed by atoms with E-state index in [0.717, 1.165) is 12.8 Å². The van der Waals surface area contributed by atoms with E-state index in [1.54, 1.807) is 0 Å². The maximum Gasteiger partial charge on any atom is 0.326 e. The van der Waals surface area contributed by atoms with Gasteiger partial charge in [-0.1, -0.05) is 0 Å². The summed E-state index contributed by atoms with van der Waals surface area (Å²) in [6.45, 7) is 2.03. The maximum absolute atomic E-state index is 12.0. The molecule has 108 valence electrons. The zero-order chi connectivity index (χ0) is 13.8. The molecule has 0 aliphatic carbocycles. The highest BCUT2D eigenvalue weighted by molar-refractivity contribution is 5.83. The van der Waals surface area contributed by atoms with E-state index in [1.807, 2.05) is 0 Å². The zero-order valence-electron chi connectivity index (χ0n) is 10.7. The van der Waals surface area contributed by atoms with E-state index < -0.39 is 24.1 Å². The molecule has 0 aromatic carbocycles. The van der Waals surface area contributed by atoms with Crippen LogP contribution in [0.15, 0.2) is 0 Å². The van der Waals surface area contributed by atoms with Gasteiger partial charge in [-0.3, -0.25) is 0 Å². The third-order valence-electron chi connectivity index (χ3n) is 3.71. The van der Waals surface area contributed by atoms with Crippen molar-refractivity contribution < 1.29 is 24.5 Å². The first-order valence-corrected chi connectivity index (χ1v) is 6.61. The number of aliphatic hydroxyl groups excluding tert-OH is 1. The number of aliphatic carboxylic acids is 1. The highest BCUT2D eigenvalue weighted by atomic mass is 16.5. The normalized spacial score (nSPS) is 28.4. The predicted molar refractivity (Wildman–Crippen MR) is 65.7 cm³/mol. The first-order chi connectivity index (χ1) is 9.08. The van der Waals surface area contributed by atoms with Crippen LogP contribution in [0, 0.1) is 5.92 Å². The fraction of sp³-hybridized carbons (Fsp3) is 0.833. The second kappa shape index (κ2) is 6.21. The van der Waals surface area contributed by atoms with Crippen LogP contribution in [0.5, 0.6) is 0 Å². The number of hydrogen-bond donors (Lipinski definition) is 3. The quantitative estimate of drug-likeness (QED) is 0.652. The Morgan fingerprint density at radius 1 is 1.32 bits per heavy atom. The number of urea groups is 1. The number of hydrogen-bond acceptors (Lipinski definition) is 4. The molecule has 0 radical (unpaired) electrons. The van der Waals surface area contributed by atoms with Crippen LogP contribution in [-0.2, 0) is 9.53 Å². The lowest BCUT2D eigenvalue weighted by Gasteiger charge is -2.25. The molecule has 2 fully saturated rings. The molecule has 0 spiro atoms. The number of nitrogens with zero attached hydrogens (tertiary/aromatic N) is 1. The van der Waals surface area contributed by atoms with Crippen molar-refractivity contribution in [2.24, 2.45) is 5.92 Å². The molecule has 2 atom stereocenters. The number of carboxylic acids is 1. The predicted octanol–water partition coefficient (Wildman–Crippen LogP) is -0.358. The van der Waals surface area contributed by atoms with Crippen molar-refractivity contribution in [1.82, 2.24) is 10.2 Å². The molecule has 2 unspecified atom stereocenters. The van der Waals surface area contributed by atoms with Crippen molar-refractivity contribution in [1.29, 1.82) is 0 Å². The number of nitrogens with one attached hydrogen (secondary N) is 1. The van der Waals surface area contributed by atoms with E-state index >= 15 is 0 Å². The van der Waals surface area contributed by atoms with Gasteiger partial charge < -0.3 is 25.2 Å². The summed E-state index contributed by atoms with van der Waals surface area (Å²) in [6, 6.07) is -1.33. The topological polar surface area (TPSA) is 99.1 Å². The third kappa shape index (κ3) is 3.57. The lowest BCUT2D eigenvalue weighted by atomic mass is 10.0. The lowest BCUT2D eigenvalue weighted by Crippen LogP contribution is -2.47. The van der Waals surface area contributed by atoms with Crippen molar-refractivity contribution in [2.45, 2.75) is 31.4 Å². The lowest BCUT2D eigenvalue weighted by molar-refractivity contribution is -0.141. The van der Waals surface area contributed by atoms with Crippen LogP contribution in [0.2, 0.25) is 0 Å². The number of carbonyl (C=O) groups excluding carboxylic acids is 1. The average molecular weight is 272 g/mol. The van der Waals surface area contributed by atoms with Gasteiger partial charge in [0, 0.05) is 32.7 Å². The Morgan fingerprint density at radius 2 is 2.00 bits per heavy atom. The van der Waals surface area contributed by atoms with E-state index in [4.69, 9.17) is 9.84 Å². The summed E-state index contributed by atoms with van der Waals surface area (Å²) >= 11 is 0. The minimum absolute atomic E-state index is 0.0799. The average Bonchev–Trinajstić information content (AvgIpc) is 2.79. The van der Waals surface area contributed by atoms with E-state index in [1.165, 1.54) is 4.90 Å². The molecule has 7 nitrogen and oxygen atoms in total. The molecular weight excluding hydrogens is 252 g/mol. The Morgan fingerprint density at radius 3 is 2.63 bits per heavy atom. The van der Waals surface area contributed by atoms with Gasteiger partial charge in [0.1, 0.15) is 6.04 Å². The molecule has 0 aromatic rings. The van der Waals surface area contributed by atoms with Crippen LogP contribution < -0.4 is 5.32 Å². The highest BCUT2D eigenvalue weighted by Crippen LogP contribution is 2.19. The van der Waals surface area contributed by atoms with Crippen LogP contribution in [0.3, 0.4) is 0 Å². The van der Waals surface area contributed by atoms with Gasteiger partial charge in [0.2, 0.25) is 0 Å². The summed E-state index contributed by atoms with van der Waals surface area (Å²) in [5, 5.41) is 21.3.